The molecule has 0 spiro atoms. The van der Waals surface area contributed by atoms with Crippen LogP contribution in [0.5, 0.6) is 0 Å². The van der Waals surface area contributed by atoms with Gasteiger partial charge in [-0.25, -0.2) is 13.2 Å². The van der Waals surface area contributed by atoms with E-state index in [1.54, 1.807) is 39.1 Å². The predicted octanol–water partition coefficient (Wildman–Crippen LogP) is 4.54. The highest BCUT2D eigenvalue weighted by Gasteiger charge is 2.32. The smallest absolute Gasteiger partial charge is 0.341 e. The lowest BCUT2D eigenvalue weighted by Gasteiger charge is -2.20. The molecule has 0 bridgehead atoms. The number of ether oxygens (including phenoxy) is 1. The van der Waals surface area contributed by atoms with E-state index in [2.05, 4.69) is 9.71 Å². The van der Waals surface area contributed by atoms with E-state index < -0.39 is 21.6 Å². The maximum Gasteiger partial charge on any atom is 0.341 e. The molecule has 1 aliphatic rings. The molecule has 0 fully saturated rings. The molecule has 29 heavy (non-hydrogen) atoms. The molecular formula is C21H22N2O4S2. The number of carbonyl (C=O) groups is 1. The van der Waals surface area contributed by atoms with E-state index in [4.69, 9.17) is 4.74 Å². The number of para-hydroxylation sites is 1. The molecule has 8 heteroatoms. The molecule has 0 unspecified atom stereocenters. The van der Waals surface area contributed by atoms with Crippen molar-refractivity contribution in [3.8, 4) is 0 Å². The summed E-state index contributed by atoms with van der Waals surface area (Å²) >= 11 is 1.32. The fourth-order valence-corrected chi connectivity index (χ4v) is 6.25. The zero-order chi connectivity index (χ0) is 20.8. The summed E-state index contributed by atoms with van der Waals surface area (Å²) in [6.07, 6.45) is 4.11. The Morgan fingerprint density at radius 1 is 1.17 bits per heavy atom. The quantitative estimate of drug-likeness (QED) is 0.614. The second-order valence-corrected chi connectivity index (χ2v) is 10.8. The van der Waals surface area contributed by atoms with Gasteiger partial charge in [-0.05, 0) is 57.7 Å². The monoisotopic (exact) mass is 430 g/mol. The zero-order valence-corrected chi connectivity index (χ0v) is 18.1. The third kappa shape index (κ3) is 3.86. The lowest BCUT2D eigenvalue weighted by molar-refractivity contribution is 0.00702. The van der Waals surface area contributed by atoms with E-state index in [0.717, 1.165) is 35.1 Å². The van der Waals surface area contributed by atoms with Gasteiger partial charge in [-0.15, -0.1) is 11.3 Å². The number of hydrogen-bond donors (Lipinski definition) is 1. The zero-order valence-electron chi connectivity index (χ0n) is 16.5. The molecule has 6 nitrogen and oxygen atoms in total. The summed E-state index contributed by atoms with van der Waals surface area (Å²) in [5.74, 6) is -0.495. The summed E-state index contributed by atoms with van der Waals surface area (Å²) in [4.78, 5) is 18.2. The number of thiophene rings is 1. The van der Waals surface area contributed by atoms with Gasteiger partial charge in [0.1, 0.15) is 15.5 Å². The Bertz CT molecular complexity index is 1200. The summed E-state index contributed by atoms with van der Waals surface area (Å²) in [5.41, 5.74) is 0.970. The lowest BCUT2D eigenvalue weighted by Crippen LogP contribution is -2.25. The lowest BCUT2D eigenvalue weighted by atomic mass is 10.1. The average molecular weight is 431 g/mol. The van der Waals surface area contributed by atoms with Crippen molar-refractivity contribution in [3.05, 3.63) is 52.5 Å². The SMILES string of the molecule is CC(C)(C)OC(=O)c1c(NS(=O)(=O)c2cccc3cccnc23)sc2c1CCC2. The van der Waals surface area contributed by atoms with E-state index >= 15 is 0 Å². The molecule has 1 N–H and O–H groups in total. The Kier molecular flexibility index (Phi) is 4.86. The number of carbonyl (C=O) groups excluding carboxylic acids is 1. The number of anilines is 1. The maximum atomic E-state index is 13.2. The van der Waals surface area contributed by atoms with Crippen LogP contribution in [-0.4, -0.2) is 25.0 Å². The van der Waals surface area contributed by atoms with Crippen molar-refractivity contribution in [2.24, 2.45) is 0 Å². The topological polar surface area (TPSA) is 85.4 Å². The van der Waals surface area contributed by atoms with E-state index in [0.29, 0.717) is 16.1 Å². The highest BCUT2D eigenvalue weighted by Crippen LogP contribution is 2.41. The molecule has 0 saturated heterocycles. The summed E-state index contributed by atoms with van der Waals surface area (Å²) in [6.45, 7) is 5.38. The van der Waals surface area contributed by atoms with Crippen LogP contribution in [0.4, 0.5) is 5.00 Å². The first kappa shape index (κ1) is 19.8. The van der Waals surface area contributed by atoms with Crippen molar-refractivity contribution in [3.63, 3.8) is 0 Å². The van der Waals surface area contributed by atoms with Crippen molar-refractivity contribution in [1.29, 1.82) is 0 Å². The molecule has 152 valence electrons. The first-order valence-corrected chi connectivity index (χ1v) is 11.7. The number of fused-ring (bicyclic) bond motifs is 2. The minimum absolute atomic E-state index is 0.0827. The number of sulfonamides is 1. The van der Waals surface area contributed by atoms with Crippen LogP contribution in [0.15, 0.2) is 41.4 Å². The minimum Gasteiger partial charge on any atom is -0.456 e. The molecular weight excluding hydrogens is 408 g/mol. The number of rotatable bonds is 4. The number of aromatic nitrogens is 1. The maximum absolute atomic E-state index is 13.2. The van der Waals surface area contributed by atoms with Gasteiger partial charge in [-0.1, -0.05) is 18.2 Å². The summed E-state index contributed by atoms with van der Waals surface area (Å²) in [6, 6.07) is 8.59. The Labute approximate surface area is 174 Å². The van der Waals surface area contributed by atoms with Gasteiger partial charge in [0.25, 0.3) is 10.0 Å². The average Bonchev–Trinajstić information content (AvgIpc) is 3.19. The summed E-state index contributed by atoms with van der Waals surface area (Å²) in [5, 5.41) is 1.05. The van der Waals surface area contributed by atoms with Crippen molar-refractivity contribution in [2.45, 2.75) is 50.5 Å². The van der Waals surface area contributed by atoms with Gasteiger partial charge >= 0.3 is 5.97 Å². The largest absolute Gasteiger partial charge is 0.456 e. The second kappa shape index (κ2) is 7.11. The molecule has 2 heterocycles. The van der Waals surface area contributed by atoms with Crippen LogP contribution in [0, 0.1) is 0 Å². The molecule has 2 aromatic heterocycles. The molecule has 4 rings (SSSR count). The van der Waals surface area contributed by atoms with E-state index in [1.807, 2.05) is 12.1 Å². The number of esters is 1. The van der Waals surface area contributed by atoms with Gasteiger partial charge in [-0.3, -0.25) is 9.71 Å². The Morgan fingerprint density at radius 3 is 2.69 bits per heavy atom. The van der Waals surface area contributed by atoms with E-state index in [9.17, 15) is 13.2 Å². The molecule has 1 aromatic carbocycles. The first-order valence-electron chi connectivity index (χ1n) is 9.40. The number of aryl methyl sites for hydroxylation is 1. The Hall–Kier alpha value is -2.45. The van der Waals surface area contributed by atoms with Crippen LogP contribution in [0.25, 0.3) is 10.9 Å². The van der Waals surface area contributed by atoms with Gasteiger partial charge in [0.05, 0.1) is 11.1 Å². The fraction of sp³-hybridized carbons (Fsp3) is 0.333. The molecule has 0 atom stereocenters. The number of hydrogen-bond acceptors (Lipinski definition) is 6. The Morgan fingerprint density at radius 2 is 1.93 bits per heavy atom. The van der Waals surface area contributed by atoms with Crippen molar-refractivity contribution < 1.29 is 17.9 Å². The first-order chi connectivity index (χ1) is 13.7. The molecule has 0 saturated carbocycles. The fourth-order valence-electron chi connectivity index (χ4n) is 3.49. The Balaban J connectivity index is 1.77. The van der Waals surface area contributed by atoms with E-state index in [1.165, 1.54) is 17.4 Å². The van der Waals surface area contributed by atoms with Crippen LogP contribution < -0.4 is 4.72 Å². The van der Waals surface area contributed by atoms with E-state index in [-0.39, 0.29) is 4.90 Å². The van der Waals surface area contributed by atoms with Crippen LogP contribution in [0.3, 0.4) is 0 Å². The van der Waals surface area contributed by atoms with Crippen LogP contribution in [0.2, 0.25) is 0 Å². The molecule has 3 aromatic rings. The van der Waals surface area contributed by atoms with Gasteiger partial charge in [0.2, 0.25) is 0 Å². The van der Waals surface area contributed by atoms with Gasteiger partial charge in [-0.2, -0.15) is 0 Å². The third-order valence-electron chi connectivity index (χ3n) is 4.64. The normalized spacial score (nSPS) is 14.0. The number of pyridine rings is 1. The van der Waals surface area contributed by atoms with Crippen LogP contribution in [-0.2, 0) is 27.6 Å². The molecule has 0 radical (unpaired) electrons. The minimum atomic E-state index is -3.94. The van der Waals surface area contributed by atoms with Gasteiger partial charge in [0, 0.05) is 16.5 Å². The van der Waals surface area contributed by atoms with Crippen molar-refractivity contribution in [2.75, 3.05) is 4.72 Å². The number of benzene rings is 1. The van der Waals surface area contributed by atoms with Gasteiger partial charge < -0.3 is 4.74 Å². The molecule has 0 amide bonds. The van der Waals surface area contributed by atoms with Crippen molar-refractivity contribution >= 4 is 43.2 Å². The third-order valence-corrected chi connectivity index (χ3v) is 7.35. The van der Waals surface area contributed by atoms with Crippen molar-refractivity contribution in [1.82, 2.24) is 4.98 Å². The standard InChI is InChI=1S/C21H22N2O4S2/c1-21(2,3)27-20(24)17-14-9-5-10-15(14)28-19(17)23-29(25,26)16-11-4-7-13-8-6-12-22-18(13)16/h4,6-8,11-12,23H,5,9-10H2,1-3H3. The highest BCUT2D eigenvalue weighted by atomic mass is 32.2. The number of nitrogens with zero attached hydrogens (tertiary/aromatic N) is 1. The number of nitrogens with one attached hydrogen (secondary N) is 1. The predicted molar refractivity (Wildman–Crippen MR) is 114 cm³/mol. The van der Waals surface area contributed by atoms with Crippen LogP contribution >= 0.6 is 11.3 Å². The summed E-state index contributed by atoms with van der Waals surface area (Å²) < 4.78 is 34.6. The van der Waals surface area contributed by atoms with Gasteiger partial charge in [0.15, 0.2) is 0 Å². The van der Waals surface area contributed by atoms with Crippen LogP contribution in [0.1, 0.15) is 48.0 Å². The summed E-state index contributed by atoms with van der Waals surface area (Å²) in [7, 11) is -3.94. The highest BCUT2D eigenvalue weighted by molar-refractivity contribution is 7.93. The molecule has 0 aliphatic heterocycles. The molecule has 1 aliphatic carbocycles. The second-order valence-electron chi connectivity index (χ2n) is 8.00.